The largest absolute Gasteiger partial charge is 0.508 e. The number of phenolic OH excluding ortho intramolecular Hbond substituents is 2. The molecule has 2 aromatic rings. The molecule has 2 N–H and O–H groups in total. The molecule has 0 aliphatic carbocycles. The van der Waals surface area contributed by atoms with E-state index in [2.05, 4.69) is 15.9 Å². The normalized spacial score (nSPS) is 9.12. The summed E-state index contributed by atoms with van der Waals surface area (Å²) in [6.07, 6.45) is 0. The van der Waals surface area contributed by atoms with Crippen LogP contribution < -0.4 is 0 Å². The number of halogens is 2. The molecule has 2 aromatic carbocycles. The van der Waals surface area contributed by atoms with Gasteiger partial charge in [0.2, 0.25) is 0 Å². The topological polar surface area (TPSA) is 40.5 Å². The lowest BCUT2D eigenvalue weighted by molar-refractivity contribution is 0.474. The first-order valence-corrected chi connectivity index (χ1v) is 5.64. The predicted octanol–water partition coefficient (Wildman–Crippen LogP) is 4.20. The average molecular weight is 302 g/mol. The van der Waals surface area contributed by atoms with E-state index in [1.165, 1.54) is 6.07 Å². The molecule has 0 atom stereocenters. The zero-order valence-electron chi connectivity index (χ0n) is 8.27. The molecule has 84 valence electrons. The molecule has 0 fully saturated rings. The van der Waals surface area contributed by atoms with Crippen LogP contribution in [0, 0.1) is 0 Å². The third-order valence-electron chi connectivity index (χ3n) is 1.62. The monoisotopic (exact) mass is 300 g/mol. The Bertz CT molecular complexity index is 382. The van der Waals surface area contributed by atoms with Crippen molar-refractivity contribution >= 4 is 27.5 Å². The van der Waals surface area contributed by atoms with Crippen molar-refractivity contribution in [2.45, 2.75) is 0 Å². The summed E-state index contributed by atoms with van der Waals surface area (Å²) in [5.41, 5.74) is 0. The number of rotatable bonds is 0. The summed E-state index contributed by atoms with van der Waals surface area (Å²) in [5, 5.41) is 18.1. The van der Waals surface area contributed by atoms with Crippen LogP contribution in [0.2, 0.25) is 5.02 Å². The van der Waals surface area contributed by atoms with Crippen molar-refractivity contribution in [3.05, 3.63) is 58.0 Å². The zero-order valence-corrected chi connectivity index (χ0v) is 10.6. The summed E-state index contributed by atoms with van der Waals surface area (Å²) < 4.78 is 0.900. The summed E-state index contributed by atoms with van der Waals surface area (Å²) in [7, 11) is 0. The quantitative estimate of drug-likeness (QED) is 0.765. The van der Waals surface area contributed by atoms with Crippen molar-refractivity contribution in [1.29, 1.82) is 0 Å². The third kappa shape index (κ3) is 5.05. The van der Waals surface area contributed by atoms with E-state index in [1.807, 2.05) is 6.07 Å². The van der Waals surface area contributed by atoms with Gasteiger partial charge in [0.05, 0.1) is 0 Å². The van der Waals surface area contributed by atoms with Crippen molar-refractivity contribution in [2.24, 2.45) is 0 Å². The lowest BCUT2D eigenvalue weighted by Gasteiger charge is -1.88. The fraction of sp³-hybridized carbons (Fsp3) is 0. The second-order valence-electron chi connectivity index (χ2n) is 2.96. The molecule has 0 aliphatic heterocycles. The first kappa shape index (κ1) is 12.9. The van der Waals surface area contributed by atoms with Crippen LogP contribution in [-0.2, 0) is 0 Å². The second kappa shape index (κ2) is 6.40. The number of hydrogen-bond donors (Lipinski definition) is 2. The van der Waals surface area contributed by atoms with Crippen LogP contribution in [0.4, 0.5) is 0 Å². The molecule has 0 saturated carbocycles. The van der Waals surface area contributed by atoms with Gasteiger partial charge in [-0.1, -0.05) is 39.7 Å². The molecule has 16 heavy (non-hydrogen) atoms. The van der Waals surface area contributed by atoms with Gasteiger partial charge in [-0.15, -0.1) is 0 Å². The number of phenols is 2. The molecule has 2 rings (SSSR count). The predicted molar refractivity (Wildman–Crippen MR) is 68.9 cm³/mol. The van der Waals surface area contributed by atoms with Gasteiger partial charge in [0.25, 0.3) is 0 Å². The standard InChI is InChI=1S/C6H5BrO.C6H5ClO/c2*7-5-2-1-3-6(8)4-5/h2*1-4,8H. The molecular formula is C12H10BrClO2. The summed E-state index contributed by atoms with van der Waals surface area (Å²) in [6.45, 7) is 0. The van der Waals surface area contributed by atoms with Crippen LogP contribution in [0.15, 0.2) is 53.0 Å². The minimum Gasteiger partial charge on any atom is -0.508 e. The summed E-state index contributed by atoms with van der Waals surface area (Å²) >= 11 is 8.69. The Kier molecular flexibility index (Phi) is 5.15. The molecule has 0 aromatic heterocycles. The van der Waals surface area contributed by atoms with Gasteiger partial charge in [0.15, 0.2) is 0 Å². The minimum absolute atomic E-state index is 0.206. The van der Waals surface area contributed by atoms with E-state index in [-0.39, 0.29) is 5.75 Å². The van der Waals surface area contributed by atoms with Gasteiger partial charge in [-0.2, -0.15) is 0 Å². The highest BCUT2D eigenvalue weighted by atomic mass is 79.9. The molecule has 4 heteroatoms. The lowest BCUT2D eigenvalue weighted by Crippen LogP contribution is -1.61. The number of benzene rings is 2. The van der Waals surface area contributed by atoms with Gasteiger partial charge >= 0.3 is 0 Å². The molecule has 2 nitrogen and oxygen atoms in total. The summed E-state index contributed by atoms with van der Waals surface area (Å²) in [5.74, 6) is 0.497. The van der Waals surface area contributed by atoms with E-state index in [0.717, 1.165) is 4.47 Å². The highest BCUT2D eigenvalue weighted by Gasteiger charge is 1.85. The molecule has 0 radical (unpaired) electrons. The average Bonchev–Trinajstić information content (AvgIpc) is 2.17. The SMILES string of the molecule is Oc1cccc(Br)c1.Oc1cccc(Cl)c1. The van der Waals surface area contributed by atoms with E-state index >= 15 is 0 Å². The molecule has 0 amide bonds. The van der Waals surface area contributed by atoms with Crippen LogP contribution in [0.3, 0.4) is 0 Å². The van der Waals surface area contributed by atoms with Gasteiger partial charge in [0.1, 0.15) is 11.5 Å². The van der Waals surface area contributed by atoms with Crippen molar-refractivity contribution in [3.63, 3.8) is 0 Å². The smallest absolute Gasteiger partial charge is 0.117 e. The van der Waals surface area contributed by atoms with E-state index in [0.29, 0.717) is 10.8 Å². The number of aromatic hydroxyl groups is 2. The Balaban J connectivity index is 0.000000160. The van der Waals surface area contributed by atoms with Gasteiger partial charge in [-0.05, 0) is 36.4 Å². The maximum absolute atomic E-state index is 8.78. The summed E-state index contributed by atoms with van der Waals surface area (Å²) in [6, 6.07) is 13.4. The molecule has 0 unspecified atom stereocenters. The van der Waals surface area contributed by atoms with Crippen LogP contribution in [0.1, 0.15) is 0 Å². The van der Waals surface area contributed by atoms with Crippen LogP contribution in [0.25, 0.3) is 0 Å². The molecule has 0 saturated heterocycles. The van der Waals surface area contributed by atoms with Crippen LogP contribution in [-0.4, -0.2) is 10.2 Å². The van der Waals surface area contributed by atoms with Crippen molar-refractivity contribution in [1.82, 2.24) is 0 Å². The van der Waals surface area contributed by atoms with Gasteiger partial charge < -0.3 is 10.2 Å². The Morgan fingerprint density at radius 1 is 0.875 bits per heavy atom. The lowest BCUT2D eigenvalue weighted by atomic mass is 10.3. The maximum Gasteiger partial charge on any atom is 0.117 e. The van der Waals surface area contributed by atoms with Crippen molar-refractivity contribution in [2.75, 3.05) is 0 Å². The fourth-order valence-electron chi connectivity index (χ4n) is 0.952. The third-order valence-corrected chi connectivity index (χ3v) is 2.34. The van der Waals surface area contributed by atoms with Crippen molar-refractivity contribution < 1.29 is 10.2 Å². The number of hydrogen-bond acceptors (Lipinski definition) is 2. The summed E-state index contributed by atoms with van der Waals surface area (Å²) in [4.78, 5) is 0. The van der Waals surface area contributed by atoms with E-state index in [4.69, 9.17) is 21.8 Å². The van der Waals surface area contributed by atoms with Crippen LogP contribution in [0.5, 0.6) is 11.5 Å². The highest BCUT2D eigenvalue weighted by Crippen LogP contribution is 2.15. The Morgan fingerprint density at radius 3 is 1.75 bits per heavy atom. The van der Waals surface area contributed by atoms with Crippen molar-refractivity contribution in [3.8, 4) is 11.5 Å². The molecule has 0 aliphatic rings. The van der Waals surface area contributed by atoms with E-state index < -0.39 is 0 Å². The van der Waals surface area contributed by atoms with Crippen LogP contribution >= 0.6 is 27.5 Å². The Morgan fingerprint density at radius 2 is 1.44 bits per heavy atom. The molecular weight excluding hydrogens is 291 g/mol. The van der Waals surface area contributed by atoms with Gasteiger partial charge in [-0.25, -0.2) is 0 Å². The molecule has 0 heterocycles. The zero-order chi connectivity index (χ0) is 12.0. The molecule has 0 spiro atoms. The first-order chi connectivity index (χ1) is 7.58. The highest BCUT2D eigenvalue weighted by molar-refractivity contribution is 9.10. The van der Waals surface area contributed by atoms with E-state index in [9.17, 15) is 0 Å². The minimum atomic E-state index is 0.206. The van der Waals surface area contributed by atoms with Gasteiger partial charge in [-0.3, -0.25) is 0 Å². The Labute approximate surface area is 107 Å². The molecule has 0 bridgehead atoms. The van der Waals surface area contributed by atoms with E-state index in [1.54, 1.807) is 36.4 Å². The first-order valence-electron chi connectivity index (χ1n) is 4.47. The maximum atomic E-state index is 8.78. The second-order valence-corrected chi connectivity index (χ2v) is 4.31. The fourth-order valence-corrected chi connectivity index (χ4v) is 1.52. The Hall–Kier alpha value is -1.19. The van der Waals surface area contributed by atoms with Gasteiger partial charge in [0, 0.05) is 9.50 Å².